The van der Waals surface area contributed by atoms with Crippen molar-refractivity contribution in [3.05, 3.63) is 42.0 Å². The number of hydrogen-bond donors (Lipinski definition) is 1. The van der Waals surface area contributed by atoms with Gasteiger partial charge in [0.1, 0.15) is 17.9 Å². The number of nitrogens with one attached hydrogen (secondary N) is 1. The van der Waals surface area contributed by atoms with E-state index in [0.717, 1.165) is 43.1 Å². The Labute approximate surface area is 154 Å². The van der Waals surface area contributed by atoms with Gasteiger partial charge >= 0.3 is 0 Å². The number of ether oxygens (including phenoxy) is 1. The van der Waals surface area contributed by atoms with Gasteiger partial charge in [0.25, 0.3) is 5.91 Å². The second-order valence-corrected chi connectivity index (χ2v) is 6.74. The van der Waals surface area contributed by atoms with E-state index >= 15 is 0 Å². The molecule has 3 rings (SSSR count). The van der Waals surface area contributed by atoms with Crippen LogP contribution in [-0.4, -0.2) is 45.3 Å². The van der Waals surface area contributed by atoms with Crippen molar-refractivity contribution in [2.75, 3.05) is 19.7 Å². The fourth-order valence-corrected chi connectivity index (χ4v) is 3.20. The lowest BCUT2D eigenvalue weighted by atomic mass is 10.1. The summed E-state index contributed by atoms with van der Waals surface area (Å²) in [6.07, 6.45) is 5.08. The minimum absolute atomic E-state index is 0.0607. The minimum Gasteiger partial charge on any atom is -0.483 e. The van der Waals surface area contributed by atoms with Gasteiger partial charge in [-0.05, 0) is 32.3 Å². The highest BCUT2D eigenvalue weighted by Gasteiger charge is 2.17. The summed E-state index contributed by atoms with van der Waals surface area (Å²) < 4.78 is 7.73. The first-order valence-corrected chi connectivity index (χ1v) is 9.21. The fraction of sp³-hybridized carbons (Fsp3) is 0.526. The van der Waals surface area contributed by atoms with E-state index in [9.17, 15) is 4.79 Å². The second kappa shape index (κ2) is 8.80. The first-order chi connectivity index (χ1) is 12.6. The summed E-state index contributed by atoms with van der Waals surface area (Å²) in [5.74, 6) is 1.69. The third-order valence-corrected chi connectivity index (χ3v) is 4.76. The lowest BCUT2D eigenvalue weighted by Gasteiger charge is -2.26. The van der Waals surface area contributed by atoms with Crippen LogP contribution < -0.4 is 10.1 Å². The third kappa shape index (κ3) is 4.60. The highest BCUT2D eigenvalue weighted by atomic mass is 16.5. The number of carbonyl (C=O) groups excluding carboxylic acids is 1. The summed E-state index contributed by atoms with van der Waals surface area (Å²) in [4.78, 5) is 14.2. The molecule has 1 aromatic heterocycles. The van der Waals surface area contributed by atoms with Crippen LogP contribution in [0, 0.1) is 0 Å². The summed E-state index contributed by atoms with van der Waals surface area (Å²) in [5, 5.41) is 11.5. The highest BCUT2D eigenvalue weighted by Crippen LogP contribution is 2.19. The van der Waals surface area contributed by atoms with Crippen molar-refractivity contribution in [3.63, 3.8) is 0 Å². The number of piperidine rings is 1. The van der Waals surface area contributed by atoms with E-state index in [1.807, 2.05) is 47.7 Å². The molecule has 0 aliphatic carbocycles. The molecule has 0 bridgehead atoms. The minimum atomic E-state index is 0.0607. The summed E-state index contributed by atoms with van der Waals surface area (Å²) >= 11 is 0. The number of benzene rings is 1. The fourth-order valence-electron chi connectivity index (χ4n) is 3.20. The number of aromatic nitrogens is 3. The maximum absolute atomic E-state index is 12.3. The quantitative estimate of drug-likeness (QED) is 0.821. The summed E-state index contributed by atoms with van der Waals surface area (Å²) in [5.41, 5.74) is 1.02. The predicted molar refractivity (Wildman–Crippen MR) is 98.6 cm³/mol. The van der Waals surface area contributed by atoms with Crippen molar-refractivity contribution in [2.24, 2.45) is 7.05 Å². The Morgan fingerprint density at radius 2 is 2.04 bits per heavy atom. The molecule has 1 aromatic carbocycles. The lowest BCUT2D eigenvalue weighted by Crippen LogP contribution is -2.38. The van der Waals surface area contributed by atoms with Crippen LogP contribution in [0.25, 0.3) is 0 Å². The zero-order valence-electron chi connectivity index (χ0n) is 15.5. The molecule has 1 amide bonds. The van der Waals surface area contributed by atoms with Gasteiger partial charge in [0.15, 0.2) is 6.61 Å². The number of rotatable bonds is 7. The molecule has 1 aliphatic heterocycles. The van der Waals surface area contributed by atoms with E-state index in [-0.39, 0.29) is 18.6 Å². The Bertz CT molecular complexity index is 724. The van der Waals surface area contributed by atoms with Gasteiger partial charge in [0.2, 0.25) is 0 Å². The van der Waals surface area contributed by atoms with Crippen molar-refractivity contribution in [1.82, 2.24) is 25.0 Å². The Morgan fingerprint density at radius 1 is 1.27 bits per heavy atom. The van der Waals surface area contributed by atoms with Gasteiger partial charge in [-0.1, -0.05) is 18.2 Å². The van der Waals surface area contributed by atoms with Gasteiger partial charge in [0, 0.05) is 32.2 Å². The van der Waals surface area contributed by atoms with Crippen LogP contribution in [-0.2, 0) is 18.4 Å². The number of amides is 1. The smallest absolute Gasteiger partial charge is 0.260 e. The molecule has 7 nitrogen and oxygen atoms in total. The van der Waals surface area contributed by atoms with Crippen LogP contribution in [0.2, 0.25) is 0 Å². The first kappa shape index (κ1) is 18.4. The second-order valence-electron chi connectivity index (χ2n) is 6.74. The molecule has 0 spiro atoms. The van der Waals surface area contributed by atoms with E-state index < -0.39 is 0 Å². The van der Waals surface area contributed by atoms with E-state index in [4.69, 9.17) is 4.74 Å². The SMILES string of the molecule is C[C@H](NCc1ccccc1OCC(=O)N1CCCCC1)c1nncn1C. The van der Waals surface area contributed by atoms with Gasteiger partial charge in [-0.3, -0.25) is 4.79 Å². The Balaban J connectivity index is 1.55. The largest absolute Gasteiger partial charge is 0.483 e. The van der Waals surface area contributed by atoms with Crippen molar-refractivity contribution in [1.29, 1.82) is 0 Å². The van der Waals surface area contributed by atoms with Gasteiger partial charge < -0.3 is 19.5 Å². The molecule has 2 aromatic rings. The van der Waals surface area contributed by atoms with Gasteiger partial charge in [-0.25, -0.2) is 0 Å². The molecular formula is C19H27N5O2. The summed E-state index contributed by atoms with van der Waals surface area (Å²) in [6, 6.07) is 7.88. The normalized spacial score (nSPS) is 15.7. The Hall–Kier alpha value is -2.41. The van der Waals surface area contributed by atoms with E-state index in [0.29, 0.717) is 6.54 Å². The van der Waals surface area contributed by atoms with Crippen molar-refractivity contribution >= 4 is 5.91 Å². The molecule has 1 atom stereocenters. The average molecular weight is 357 g/mol. The number of aryl methyl sites for hydroxylation is 1. The average Bonchev–Trinajstić information content (AvgIpc) is 3.11. The van der Waals surface area contributed by atoms with Crippen LogP contribution in [0.1, 0.15) is 43.6 Å². The molecule has 140 valence electrons. The van der Waals surface area contributed by atoms with E-state index in [2.05, 4.69) is 15.5 Å². The van der Waals surface area contributed by atoms with Crippen molar-refractivity contribution in [2.45, 2.75) is 38.8 Å². The number of hydrogen-bond acceptors (Lipinski definition) is 5. The molecule has 0 unspecified atom stereocenters. The molecule has 2 heterocycles. The van der Waals surface area contributed by atoms with Crippen LogP contribution in [0.15, 0.2) is 30.6 Å². The molecule has 1 fully saturated rings. The third-order valence-electron chi connectivity index (χ3n) is 4.76. The number of likely N-dealkylation sites (tertiary alicyclic amines) is 1. The zero-order chi connectivity index (χ0) is 18.4. The number of nitrogens with zero attached hydrogens (tertiary/aromatic N) is 4. The highest BCUT2D eigenvalue weighted by molar-refractivity contribution is 5.77. The zero-order valence-corrected chi connectivity index (χ0v) is 15.5. The molecule has 0 saturated carbocycles. The van der Waals surface area contributed by atoms with Crippen LogP contribution in [0.5, 0.6) is 5.75 Å². The summed E-state index contributed by atoms with van der Waals surface area (Å²) in [6.45, 7) is 4.46. The predicted octanol–water partition coefficient (Wildman–Crippen LogP) is 2.06. The maximum Gasteiger partial charge on any atom is 0.260 e. The molecule has 7 heteroatoms. The number of carbonyl (C=O) groups is 1. The molecule has 1 aliphatic rings. The molecule has 0 radical (unpaired) electrons. The lowest BCUT2D eigenvalue weighted by molar-refractivity contribution is -0.134. The van der Waals surface area contributed by atoms with Crippen LogP contribution in [0.4, 0.5) is 0 Å². The Kier molecular flexibility index (Phi) is 6.22. The molecular weight excluding hydrogens is 330 g/mol. The van der Waals surface area contributed by atoms with Gasteiger partial charge in [-0.15, -0.1) is 10.2 Å². The summed E-state index contributed by atoms with van der Waals surface area (Å²) in [7, 11) is 1.93. The van der Waals surface area contributed by atoms with Crippen molar-refractivity contribution < 1.29 is 9.53 Å². The monoisotopic (exact) mass is 357 g/mol. The number of para-hydroxylation sites is 1. The van der Waals surface area contributed by atoms with E-state index in [1.165, 1.54) is 6.42 Å². The first-order valence-electron chi connectivity index (χ1n) is 9.21. The van der Waals surface area contributed by atoms with Crippen LogP contribution >= 0.6 is 0 Å². The molecule has 1 saturated heterocycles. The van der Waals surface area contributed by atoms with E-state index in [1.54, 1.807) is 6.33 Å². The van der Waals surface area contributed by atoms with Crippen LogP contribution in [0.3, 0.4) is 0 Å². The Morgan fingerprint density at radius 3 is 2.77 bits per heavy atom. The molecule has 1 N–H and O–H groups in total. The van der Waals surface area contributed by atoms with Gasteiger partial charge in [-0.2, -0.15) is 0 Å². The van der Waals surface area contributed by atoms with Crippen molar-refractivity contribution in [3.8, 4) is 5.75 Å². The van der Waals surface area contributed by atoms with Gasteiger partial charge in [0.05, 0.1) is 6.04 Å². The topological polar surface area (TPSA) is 72.3 Å². The molecule has 26 heavy (non-hydrogen) atoms. The maximum atomic E-state index is 12.3. The standard InChI is InChI=1S/C19H27N5O2/c1-15(19-22-21-14-23(19)2)20-12-16-8-4-5-9-17(16)26-13-18(25)24-10-6-3-7-11-24/h4-5,8-9,14-15,20H,3,6-7,10-13H2,1-2H3/t15-/m0/s1.